The minimum atomic E-state index is -0.571. The number of nitrogens with one attached hydrogen (secondary N) is 1. The molecule has 0 saturated carbocycles. The van der Waals surface area contributed by atoms with Gasteiger partial charge in [-0.2, -0.15) is 5.26 Å². The highest BCUT2D eigenvalue weighted by Crippen LogP contribution is 2.17. The SMILES string of the molecule is CC(C)c1ccc(NC(=O)/C(C#N)=c2\s/c(=C/c3cccnc3)c(=O)n2-c2ccccc2)cc1. The quantitative estimate of drug-likeness (QED) is 0.487. The molecule has 0 unspecified atom stereocenters. The van der Waals surface area contributed by atoms with Gasteiger partial charge in [-0.3, -0.25) is 19.1 Å². The first-order chi connectivity index (χ1) is 16.5. The molecule has 2 heterocycles. The van der Waals surface area contributed by atoms with Crippen molar-refractivity contribution in [2.45, 2.75) is 19.8 Å². The summed E-state index contributed by atoms with van der Waals surface area (Å²) < 4.78 is 2.08. The van der Waals surface area contributed by atoms with Crippen molar-refractivity contribution in [3.8, 4) is 11.8 Å². The average Bonchev–Trinajstić information content (AvgIpc) is 3.16. The van der Waals surface area contributed by atoms with Gasteiger partial charge in [0.15, 0.2) is 5.57 Å². The zero-order chi connectivity index (χ0) is 24.1. The number of nitriles is 1. The molecule has 0 fully saturated rings. The molecule has 1 N–H and O–H groups in total. The fraction of sp³-hybridized carbons (Fsp3) is 0.111. The molecule has 0 aliphatic rings. The van der Waals surface area contributed by atoms with Gasteiger partial charge >= 0.3 is 0 Å². The van der Waals surface area contributed by atoms with E-state index in [1.54, 1.807) is 48.8 Å². The van der Waals surface area contributed by atoms with Crippen LogP contribution in [0.15, 0.2) is 83.9 Å². The van der Waals surface area contributed by atoms with Crippen LogP contribution in [0.1, 0.15) is 30.9 Å². The van der Waals surface area contributed by atoms with Crippen molar-refractivity contribution < 1.29 is 4.79 Å². The van der Waals surface area contributed by atoms with E-state index in [-0.39, 0.29) is 15.8 Å². The molecule has 168 valence electrons. The van der Waals surface area contributed by atoms with Crippen LogP contribution in [0.3, 0.4) is 0 Å². The van der Waals surface area contributed by atoms with Gasteiger partial charge in [-0.25, -0.2) is 0 Å². The third-order valence-electron chi connectivity index (χ3n) is 5.21. The lowest BCUT2D eigenvalue weighted by molar-refractivity contribution is -0.111. The Labute approximate surface area is 200 Å². The molecule has 0 aliphatic carbocycles. The number of pyridine rings is 1. The fourth-order valence-electron chi connectivity index (χ4n) is 3.41. The van der Waals surface area contributed by atoms with Gasteiger partial charge in [0.05, 0.1) is 10.2 Å². The van der Waals surface area contributed by atoms with Gasteiger partial charge in [-0.15, -0.1) is 11.3 Å². The van der Waals surface area contributed by atoms with Crippen LogP contribution in [0, 0.1) is 11.3 Å². The molecule has 0 spiro atoms. The van der Waals surface area contributed by atoms with E-state index in [0.717, 1.165) is 22.5 Å². The van der Waals surface area contributed by atoms with E-state index < -0.39 is 5.91 Å². The minimum Gasteiger partial charge on any atom is -0.321 e. The summed E-state index contributed by atoms with van der Waals surface area (Å²) >= 11 is 1.10. The number of thiazole rings is 1. The predicted molar refractivity (Wildman–Crippen MR) is 135 cm³/mol. The molecule has 2 aromatic carbocycles. The van der Waals surface area contributed by atoms with Crippen LogP contribution in [-0.4, -0.2) is 15.5 Å². The third-order valence-corrected chi connectivity index (χ3v) is 6.30. The minimum absolute atomic E-state index is 0.135. The zero-order valence-corrected chi connectivity index (χ0v) is 19.5. The summed E-state index contributed by atoms with van der Waals surface area (Å²) in [7, 11) is 0. The van der Waals surface area contributed by atoms with Crippen LogP contribution >= 0.6 is 11.3 Å². The lowest BCUT2D eigenvalue weighted by Crippen LogP contribution is -2.32. The molecule has 0 saturated heterocycles. The van der Waals surface area contributed by atoms with E-state index in [2.05, 4.69) is 24.1 Å². The number of anilines is 1. The summed E-state index contributed by atoms with van der Waals surface area (Å²) in [4.78, 5) is 30.6. The molecular weight excluding hydrogens is 444 g/mol. The summed E-state index contributed by atoms with van der Waals surface area (Å²) in [5.74, 6) is -0.203. The van der Waals surface area contributed by atoms with Crippen LogP contribution < -0.4 is 20.1 Å². The van der Waals surface area contributed by atoms with Crippen LogP contribution in [0.4, 0.5) is 5.69 Å². The second kappa shape index (κ2) is 10.1. The van der Waals surface area contributed by atoms with Gasteiger partial charge in [0.2, 0.25) is 0 Å². The highest BCUT2D eigenvalue weighted by molar-refractivity contribution is 7.07. The monoisotopic (exact) mass is 466 g/mol. The summed E-state index contributed by atoms with van der Waals surface area (Å²) in [5, 5.41) is 12.7. The van der Waals surface area contributed by atoms with Crippen molar-refractivity contribution in [3.63, 3.8) is 0 Å². The van der Waals surface area contributed by atoms with Gasteiger partial charge in [-0.1, -0.05) is 50.2 Å². The van der Waals surface area contributed by atoms with Crippen molar-refractivity contribution in [3.05, 3.63) is 110 Å². The number of aromatic nitrogens is 2. The van der Waals surface area contributed by atoms with E-state index in [4.69, 9.17) is 0 Å². The molecule has 1 amide bonds. The van der Waals surface area contributed by atoms with Gasteiger partial charge < -0.3 is 5.32 Å². The van der Waals surface area contributed by atoms with E-state index in [1.807, 2.05) is 42.5 Å². The maximum atomic E-state index is 13.4. The number of benzene rings is 2. The summed E-state index contributed by atoms with van der Waals surface area (Å²) in [5.41, 5.74) is 2.61. The molecular formula is C27H22N4O2S. The highest BCUT2D eigenvalue weighted by atomic mass is 32.1. The molecule has 4 rings (SSSR count). The first kappa shape index (κ1) is 22.9. The Hall–Kier alpha value is -4.28. The maximum Gasteiger partial charge on any atom is 0.273 e. The van der Waals surface area contributed by atoms with E-state index >= 15 is 0 Å². The molecule has 2 aromatic heterocycles. The van der Waals surface area contributed by atoms with Crippen molar-refractivity contribution in [1.29, 1.82) is 5.26 Å². The highest BCUT2D eigenvalue weighted by Gasteiger charge is 2.17. The molecule has 0 radical (unpaired) electrons. The van der Waals surface area contributed by atoms with Crippen molar-refractivity contribution in [2.75, 3.05) is 5.32 Å². The van der Waals surface area contributed by atoms with Gasteiger partial charge in [0.25, 0.3) is 11.5 Å². The molecule has 6 nitrogen and oxygen atoms in total. The Bertz CT molecular complexity index is 1530. The first-order valence-electron chi connectivity index (χ1n) is 10.7. The summed E-state index contributed by atoms with van der Waals surface area (Å²) in [6, 6.07) is 22.1. The van der Waals surface area contributed by atoms with E-state index in [1.165, 1.54) is 4.57 Å². The summed E-state index contributed by atoms with van der Waals surface area (Å²) in [6.07, 6.45) is 5.01. The number of rotatable bonds is 5. The normalized spacial score (nSPS) is 12.4. The molecule has 0 bridgehead atoms. The Morgan fingerprint density at radius 3 is 2.44 bits per heavy atom. The van der Waals surface area contributed by atoms with Crippen molar-refractivity contribution in [1.82, 2.24) is 9.55 Å². The fourth-order valence-corrected chi connectivity index (χ4v) is 4.52. The third kappa shape index (κ3) is 4.87. The van der Waals surface area contributed by atoms with Gasteiger partial charge in [-0.05, 0) is 53.5 Å². The number of carbonyl (C=O) groups is 1. The number of amides is 1. The zero-order valence-electron chi connectivity index (χ0n) is 18.7. The number of nitrogens with zero attached hydrogens (tertiary/aromatic N) is 3. The predicted octanol–water partition coefficient (Wildman–Crippen LogP) is 3.56. The van der Waals surface area contributed by atoms with E-state index in [9.17, 15) is 14.9 Å². The lowest BCUT2D eigenvalue weighted by atomic mass is 10.0. The number of para-hydroxylation sites is 1. The molecule has 34 heavy (non-hydrogen) atoms. The number of hydrogen-bond acceptors (Lipinski definition) is 5. The molecule has 7 heteroatoms. The van der Waals surface area contributed by atoms with Crippen LogP contribution in [0.2, 0.25) is 0 Å². The lowest BCUT2D eigenvalue weighted by Gasteiger charge is -2.08. The molecule has 0 aliphatic heterocycles. The first-order valence-corrected chi connectivity index (χ1v) is 11.5. The van der Waals surface area contributed by atoms with Gasteiger partial charge in [0.1, 0.15) is 10.7 Å². The van der Waals surface area contributed by atoms with Crippen LogP contribution in [0.25, 0.3) is 17.3 Å². The number of hydrogen-bond donors (Lipinski definition) is 1. The average molecular weight is 467 g/mol. The van der Waals surface area contributed by atoms with E-state index in [0.29, 0.717) is 21.8 Å². The van der Waals surface area contributed by atoms with Crippen LogP contribution in [0.5, 0.6) is 0 Å². The standard InChI is InChI=1S/C27H22N4O2S/c1-18(2)20-10-12-21(13-11-20)30-25(32)23(16-28)27-31(22-8-4-3-5-9-22)26(33)24(34-27)15-19-7-6-14-29-17-19/h3-15,17-18H,1-2H3,(H,30,32)/b24-15+,27-23-. The Balaban J connectivity index is 1.87. The van der Waals surface area contributed by atoms with Crippen molar-refractivity contribution >= 4 is 34.6 Å². The second-order valence-electron chi connectivity index (χ2n) is 7.90. The molecule has 4 aromatic rings. The smallest absolute Gasteiger partial charge is 0.273 e. The Morgan fingerprint density at radius 1 is 1.09 bits per heavy atom. The largest absolute Gasteiger partial charge is 0.321 e. The second-order valence-corrected chi connectivity index (χ2v) is 8.93. The Kier molecular flexibility index (Phi) is 6.81. The maximum absolute atomic E-state index is 13.4. The van der Waals surface area contributed by atoms with Crippen LogP contribution in [-0.2, 0) is 4.79 Å². The van der Waals surface area contributed by atoms with Crippen molar-refractivity contribution in [2.24, 2.45) is 0 Å². The van der Waals surface area contributed by atoms with Gasteiger partial charge in [0, 0.05) is 18.1 Å². The summed E-state index contributed by atoms with van der Waals surface area (Å²) in [6.45, 7) is 4.18. The number of carbonyl (C=O) groups excluding carboxylic acids is 1. The topological polar surface area (TPSA) is 87.8 Å². The Morgan fingerprint density at radius 2 is 1.82 bits per heavy atom. The molecule has 0 atom stereocenters.